The molecule has 0 aliphatic rings. The van der Waals surface area contributed by atoms with Gasteiger partial charge in [0.1, 0.15) is 18.4 Å². The van der Waals surface area contributed by atoms with E-state index in [1.165, 1.54) is 4.90 Å². The van der Waals surface area contributed by atoms with Gasteiger partial charge in [0, 0.05) is 12.6 Å². The number of sulfonamides is 1. The molecule has 0 saturated carbocycles. The van der Waals surface area contributed by atoms with Gasteiger partial charge in [-0.2, -0.15) is 0 Å². The van der Waals surface area contributed by atoms with E-state index >= 15 is 0 Å². The van der Waals surface area contributed by atoms with Gasteiger partial charge in [-0.1, -0.05) is 48.0 Å². The highest BCUT2D eigenvalue weighted by Gasteiger charge is 2.32. The summed E-state index contributed by atoms with van der Waals surface area (Å²) in [6.07, 6.45) is 0. The van der Waals surface area contributed by atoms with Crippen molar-refractivity contribution in [1.82, 2.24) is 10.2 Å². The molecule has 3 aromatic rings. The van der Waals surface area contributed by atoms with Crippen LogP contribution in [0.4, 0.5) is 10.1 Å². The molecule has 1 atom stereocenters. The van der Waals surface area contributed by atoms with Gasteiger partial charge in [0.05, 0.1) is 10.6 Å². The zero-order valence-corrected chi connectivity index (χ0v) is 22.2. The van der Waals surface area contributed by atoms with Crippen LogP contribution in [0.25, 0.3) is 0 Å². The molecule has 0 saturated heterocycles. The molecule has 0 aliphatic heterocycles. The Labute approximate surface area is 218 Å². The normalized spacial score (nSPS) is 12.2. The first-order valence-electron chi connectivity index (χ1n) is 12.0. The molecule has 196 valence electrons. The summed E-state index contributed by atoms with van der Waals surface area (Å²) < 4.78 is 41.7. The lowest BCUT2D eigenvalue weighted by Crippen LogP contribution is -2.52. The van der Waals surface area contributed by atoms with E-state index in [-0.39, 0.29) is 29.1 Å². The van der Waals surface area contributed by atoms with E-state index in [4.69, 9.17) is 0 Å². The lowest BCUT2D eigenvalue weighted by Gasteiger charge is -2.32. The highest BCUT2D eigenvalue weighted by atomic mass is 32.2. The Hall–Kier alpha value is -3.72. The first kappa shape index (κ1) is 27.9. The highest BCUT2D eigenvalue weighted by molar-refractivity contribution is 7.92. The lowest BCUT2D eigenvalue weighted by atomic mass is 10.1. The molecule has 0 aromatic heterocycles. The smallest absolute Gasteiger partial charge is 0.264 e. The molecular weight excluding hydrogens is 493 g/mol. The maximum Gasteiger partial charge on any atom is 0.264 e. The minimum atomic E-state index is -4.23. The van der Waals surface area contributed by atoms with Crippen molar-refractivity contribution in [2.24, 2.45) is 0 Å². The third-order valence-electron chi connectivity index (χ3n) is 5.76. The summed E-state index contributed by atoms with van der Waals surface area (Å²) in [7, 11) is -4.23. The van der Waals surface area contributed by atoms with Crippen molar-refractivity contribution in [2.45, 2.75) is 51.2 Å². The van der Waals surface area contributed by atoms with Crippen molar-refractivity contribution in [3.8, 4) is 0 Å². The van der Waals surface area contributed by atoms with Crippen LogP contribution in [0, 0.1) is 12.7 Å². The SMILES string of the molecule is Cc1cccc(CN(C(=O)CN(c2ccccc2)S(=O)(=O)c2ccc(F)cc2)[C@@H](C)C(=O)NC(C)C)c1. The summed E-state index contributed by atoms with van der Waals surface area (Å²) in [6, 6.07) is 19.2. The van der Waals surface area contributed by atoms with Gasteiger partial charge in [0.25, 0.3) is 10.0 Å². The molecule has 1 N–H and O–H groups in total. The number of amides is 2. The summed E-state index contributed by atoms with van der Waals surface area (Å²) >= 11 is 0. The van der Waals surface area contributed by atoms with E-state index in [1.54, 1.807) is 37.3 Å². The molecule has 2 amide bonds. The third kappa shape index (κ3) is 7.16. The van der Waals surface area contributed by atoms with Crippen LogP contribution in [-0.4, -0.2) is 43.8 Å². The highest BCUT2D eigenvalue weighted by Crippen LogP contribution is 2.24. The second kappa shape index (κ2) is 12.0. The number of aryl methyl sites for hydroxylation is 1. The van der Waals surface area contributed by atoms with Crippen molar-refractivity contribution >= 4 is 27.5 Å². The van der Waals surface area contributed by atoms with Gasteiger partial charge in [-0.15, -0.1) is 0 Å². The number of para-hydroxylation sites is 1. The number of nitrogens with one attached hydrogen (secondary N) is 1. The predicted molar refractivity (Wildman–Crippen MR) is 142 cm³/mol. The van der Waals surface area contributed by atoms with Gasteiger partial charge in [-0.25, -0.2) is 12.8 Å². The largest absolute Gasteiger partial charge is 0.352 e. The van der Waals surface area contributed by atoms with Crippen LogP contribution < -0.4 is 9.62 Å². The second-order valence-corrected chi connectivity index (χ2v) is 11.0. The topological polar surface area (TPSA) is 86.8 Å². The molecule has 0 radical (unpaired) electrons. The fourth-order valence-electron chi connectivity index (χ4n) is 3.85. The number of anilines is 1. The summed E-state index contributed by atoms with van der Waals surface area (Å²) in [5.41, 5.74) is 2.08. The molecule has 0 heterocycles. The number of carbonyl (C=O) groups is 2. The Kier molecular flexibility index (Phi) is 9.04. The van der Waals surface area contributed by atoms with Crippen LogP contribution >= 0.6 is 0 Å². The maximum absolute atomic E-state index is 13.8. The van der Waals surface area contributed by atoms with E-state index in [9.17, 15) is 22.4 Å². The lowest BCUT2D eigenvalue weighted by molar-refractivity contribution is -0.139. The molecule has 0 aliphatic carbocycles. The van der Waals surface area contributed by atoms with E-state index in [2.05, 4.69) is 5.32 Å². The predicted octanol–water partition coefficient (Wildman–Crippen LogP) is 4.27. The summed E-state index contributed by atoms with van der Waals surface area (Å²) in [6.45, 7) is 6.76. The second-order valence-electron chi connectivity index (χ2n) is 9.15. The molecule has 9 heteroatoms. The van der Waals surface area contributed by atoms with E-state index in [0.29, 0.717) is 0 Å². The standard InChI is InChI=1S/C28H32FN3O4S/c1-20(2)30-28(34)22(4)31(18-23-10-8-9-21(3)17-23)27(33)19-32(25-11-6-5-7-12-25)37(35,36)26-15-13-24(29)14-16-26/h5-17,20,22H,18-19H2,1-4H3,(H,30,34)/t22-/m0/s1. The minimum absolute atomic E-state index is 0.117. The molecular formula is C28H32FN3O4S. The zero-order chi connectivity index (χ0) is 27.2. The van der Waals surface area contributed by atoms with Crippen molar-refractivity contribution in [1.29, 1.82) is 0 Å². The fraction of sp³-hybridized carbons (Fsp3) is 0.286. The number of carbonyl (C=O) groups excluding carboxylic acids is 2. The average Bonchev–Trinajstić information content (AvgIpc) is 2.85. The number of hydrogen-bond acceptors (Lipinski definition) is 4. The number of halogens is 1. The molecule has 37 heavy (non-hydrogen) atoms. The van der Waals surface area contributed by atoms with Gasteiger partial charge in [0.2, 0.25) is 11.8 Å². The Morgan fingerprint density at radius 2 is 1.57 bits per heavy atom. The quantitative estimate of drug-likeness (QED) is 0.428. The van der Waals surface area contributed by atoms with Crippen molar-refractivity contribution < 1.29 is 22.4 Å². The summed E-state index contributed by atoms with van der Waals surface area (Å²) in [5, 5.41) is 2.82. The van der Waals surface area contributed by atoms with Crippen LogP contribution in [0.15, 0.2) is 83.8 Å². The number of hydrogen-bond donors (Lipinski definition) is 1. The van der Waals surface area contributed by atoms with Gasteiger partial charge in [0.15, 0.2) is 0 Å². The van der Waals surface area contributed by atoms with Crippen LogP contribution in [0.1, 0.15) is 31.9 Å². The third-order valence-corrected chi connectivity index (χ3v) is 7.55. The Morgan fingerprint density at radius 1 is 0.919 bits per heavy atom. The number of nitrogens with zero attached hydrogens (tertiary/aromatic N) is 2. The van der Waals surface area contributed by atoms with Crippen LogP contribution in [0.2, 0.25) is 0 Å². The van der Waals surface area contributed by atoms with E-state index < -0.39 is 34.3 Å². The summed E-state index contributed by atoms with van der Waals surface area (Å²) in [4.78, 5) is 27.9. The number of rotatable bonds is 10. The Bertz CT molecular complexity index is 1330. The maximum atomic E-state index is 13.8. The van der Waals surface area contributed by atoms with Gasteiger partial charge < -0.3 is 10.2 Å². The van der Waals surface area contributed by atoms with Gasteiger partial charge >= 0.3 is 0 Å². The van der Waals surface area contributed by atoms with Crippen molar-refractivity contribution in [2.75, 3.05) is 10.8 Å². The van der Waals surface area contributed by atoms with Gasteiger partial charge in [-0.3, -0.25) is 13.9 Å². The Balaban J connectivity index is 2.00. The molecule has 0 bridgehead atoms. The average molecular weight is 526 g/mol. The van der Waals surface area contributed by atoms with E-state index in [1.807, 2.05) is 45.0 Å². The molecule has 3 rings (SSSR count). The van der Waals surface area contributed by atoms with Crippen molar-refractivity contribution in [3.05, 3.63) is 95.8 Å². The summed E-state index contributed by atoms with van der Waals surface area (Å²) in [5.74, 6) is -1.47. The van der Waals surface area contributed by atoms with Crippen molar-refractivity contribution in [3.63, 3.8) is 0 Å². The fourth-order valence-corrected chi connectivity index (χ4v) is 5.27. The molecule has 0 fully saturated rings. The van der Waals surface area contributed by atoms with Crippen LogP contribution in [0.5, 0.6) is 0 Å². The van der Waals surface area contributed by atoms with Crippen LogP contribution in [0.3, 0.4) is 0 Å². The molecule has 3 aromatic carbocycles. The first-order valence-corrected chi connectivity index (χ1v) is 13.4. The number of benzene rings is 3. The molecule has 0 unspecified atom stereocenters. The zero-order valence-electron chi connectivity index (χ0n) is 21.4. The first-order chi connectivity index (χ1) is 17.5. The minimum Gasteiger partial charge on any atom is -0.352 e. The molecule has 0 spiro atoms. The van der Waals surface area contributed by atoms with Crippen LogP contribution in [-0.2, 0) is 26.2 Å². The van der Waals surface area contributed by atoms with Gasteiger partial charge in [-0.05, 0) is 69.7 Å². The Morgan fingerprint density at radius 3 is 2.16 bits per heavy atom. The molecule has 7 nitrogen and oxygen atoms in total. The monoisotopic (exact) mass is 525 g/mol. The van der Waals surface area contributed by atoms with E-state index in [0.717, 1.165) is 39.7 Å².